The zero-order valence-corrected chi connectivity index (χ0v) is 5.33. The predicted molar refractivity (Wildman–Crippen MR) is 26.8 cm³/mol. The fourth-order valence-corrected chi connectivity index (χ4v) is 0.348. The Labute approximate surface area is 75.7 Å². The molecule has 1 aromatic rings. The molecule has 1 aromatic heterocycles. The van der Waals surface area contributed by atoms with E-state index < -0.39 is 0 Å². The summed E-state index contributed by atoms with van der Waals surface area (Å²) in [5, 5.41) is 0. The molecule has 2 nitrogen and oxygen atoms in total. The third-order valence-corrected chi connectivity index (χ3v) is 0.628. The van der Waals surface area contributed by atoms with Gasteiger partial charge in [0.2, 0.25) is 0 Å². The van der Waals surface area contributed by atoms with Gasteiger partial charge in [0.1, 0.15) is 0 Å². The smallest absolute Gasteiger partial charge is 1.00 e. The van der Waals surface area contributed by atoms with Crippen molar-refractivity contribution in [3.63, 3.8) is 0 Å². The van der Waals surface area contributed by atoms with Crippen LogP contribution < -0.4 is 43.6 Å². The Morgan fingerprint density at radius 1 is 1.12 bits per heavy atom. The molecule has 36 valence electrons. The van der Waals surface area contributed by atoms with Gasteiger partial charge in [-0.15, -0.1) is 0 Å². The van der Waals surface area contributed by atoms with E-state index in [1.165, 1.54) is 4.68 Å². The fourth-order valence-electron chi connectivity index (χ4n) is 0.348. The number of nitrogens with zero attached hydrogens (tertiary/aromatic N) is 1. The van der Waals surface area contributed by atoms with Gasteiger partial charge in [0.25, 0.3) is 0 Å². The van der Waals surface area contributed by atoms with Gasteiger partial charge < -0.3 is 8.70 Å². The third kappa shape index (κ3) is 3.30. The first-order valence-electron chi connectivity index (χ1n) is 1.77. The van der Waals surface area contributed by atoms with Crippen LogP contribution in [0.2, 0.25) is 0 Å². The zero-order valence-electron chi connectivity index (χ0n) is 7.33. The summed E-state index contributed by atoms with van der Waals surface area (Å²) >= 11 is 0. The largest absolute Gasteiger partial charge is 1.00 e. The molecular formula is C4H8Li2N2. The zero-order chi connectivity index (χ0) is 4.41. The summed E-state index contributed by atoms with van der Waals surface area (Å²) in [6.45, 7) is 0. The van der Waals surface area contributed by atoms with Gasteiger partial charge >= 0.3 is 37.7 Å². The van der Waals surface area contributed by atoms with Crippen molar-refractivity contribution in [1.82, 2.24) is 4.68 Å². The van der Waals surface area contributed by atoms with Crippen LogP contribution in [0.15, 0.2) is 24.5 Å². The van der Waals surface area contributed by atoms with Crippen molar-refractivity contribution in [1.29, 1.82) is 0 Å². The van der Waals surface area contributed by atoms with Crippen molar-refractivity contribution in [3.8, 4) is 0 Å². The Morgan fingerprint density at radius 2 is 1.50 bits per heavy atom. The second-order valence-corrected chi connectivity index (χ2v) is 1.13. The van der Waals surface area contributed by atoms with Crippen LogP contribution in [0.1, 0.15) is 2.85 Å². The standard InChI is InChI=1S/C4H6N2.2Li.2H/c5-6-3-1-2-4-6;;;;/h1-4H,5H2;;;;/q;2*+1;2*-1. The Hall–Kier alpha value is 0.275. The van der Waals surface area contributed by atoms with E-state index in [9.17, 15) is 0 Å². The monoisotopic (exact) mass is 98.1 g/mol. The summed E-state index contributed by atoms with van der Waals surface area (Å²) < 4.78 is 1.50. The van der Waals surface area contributed by atoms with E-state index in [4.69, 9.17) is 5.84 Å². The minimum absolute atomic E-state index is 0. The molecule has 0 radical (unpaired) electrons. The van der Waals surface area contributed by atoms with Crippen molar-refractivity contribution < 1.29 is 40.6 Å². The van der Waals surface area contributed by atoms with Gasteiger partial charge in [-0.1, -0.05) is 0 Å². The van der Waals surface area contributed by atoms with Gasteiger partial charge in [0.15, 0.2) is 0 Å². The molecule has 4 heteroatoms. The molecule has 0 saturated carbocycles. The van der Waals surface area contributed by atoms with Gasteiger partial charge in [-0.3, -0.25) is 4.68 Å². The van der Waals surface area contributed by atoms with E-state index in [2.05, 4.69) is 0 Å². The average Bonchev–Trinajstić information content (AvgIpc) is 1.86. The second kappa shape index (κ2) is 5.41. The van der Waals surface area contributed by atoms with Gasteiger partial charge in [0.05, 0.1) is 0 Å². The molecule has 0 aliphatic carbocycles. The topological polar surface area (TPSA) is 30.9 Å². The number of hydrogen-bond donors (Lipinski definition) is 1. The Morgan fingerprint density at radius 3 is 1.62 bits per heavy atom. The number of nitrogens with two attached hydrogens (primary N) is 1. The summed E-state index contributed by atoms with van der Waals surface area (Å²) in [4.78, 5) is 0. The molecular weight excluding hydrogens is 89.9 g/mol. The molecule has 0 fully saturated rings. The van der Waals surface area contributed by atoms with Crippen molar-refractivity contribution in [2.24, 2.45) is 0 Å². The first-order valence-corrected chi connectivity index (χ1v) is 1.77. The van der Waals surface area contributed by atoms with Gasteiger partial charge in [-0.25, -0.2) is 0 Å². The number of aromatic nitrogens is 1. The van der Waals surface area contributed by atoms with Gasteiger partial charge in [-0.05, 0) is 12.1 Å². The molecule has 0 amide bonds. The van der Waals surface area contributed by atoms with Gasteiger partial charge in [0, 0.05) is 12.4 Å². The van der Waals surface area contributed by atoms with E-state index in [1.807, 2.05) is 12.1 Å². The maximum absolute atomic E-state index is 5.19. The first kappa shape index (κ1) is 11.1. The number of hydrogen-bond acceptors (Lipinski definition) is 1. The van der Waals surface area contributed by atoms with Gasteiger partial charge in [-0.2, -0.15) is 0 Å². The summed E-state index contributed by atoms with van der Waals surface area (Å²) in [5.74, 6) is 5.19. The molecule has 8 heavy (non-hydrogen) atoms. The molecule has 0 spiro atoms. The maximum atomic E-state index is 5.19. The third-order valence-electron chi connectivity index (χ3n) is 0.628. The summed E-state index contributed by atoms with van der Waals surface area (Å²) in [5.41, 5.74) is 0. The summed E-state index contributed by atoms with van der Waals surface area (Å²) in [6, 6.07) is 3.75. The van der Waals surface area contributed by atoms with Crippen LogP contribution in [0.4, 0.5) is 0 Å². The Bertz CT molecular complexity index is 123. The van der Waals surface area contributed by atoms with Crippen LogP contribution in [0.5, 0.6) is 0 Å². The van der Waals surface area contributed by atoms with E-state index in [0.717, 1.165) is 0 Å². The summed E-state index contributed by atoms with van der Waals surface area (Å²) in [6.07, 6.45) is 3.56. The molecule has 0 aromatic carbocycles. The normalized spacial score (nSPS) is 6.50. The SMILES string of the molecule is Nn1cccc1.[H-].[H-].[Li+].[Li+]. The van der Waals surface area contributed by atoms with Crippen LogP contribution in [0.3, 0.4) is 0 Å². The molecule has 0 bridgehead atoms. The minimum Gasteiger partial charge on any atom is -1.00 e. The summed E-state index contributed by atoms with van der Waals surface area (Å²) in [7, 11) is 0. The van der Waals surface area contributed by atoms with Crippen LogP contribution in [-0.4, -0.2) is 4.68 Å². The first-order chi connectivity index (χ1) is 2.89. The van der Waals surface area contributed by atoms with E-state index >= 15 is 0 Å². The second-order valence-electron chi connectivity index (χ2n) is 1.13. The molecule has 2 N–H and O–H groups in total. The van der Waals surface area contributed by atoms with Crippen LogP contribution in [0, 0.1) is 0 Å². The van der Waals surface area contributed by atoms with Crippen molar-refractivity contribution in [2.75, 3.05) is 5.84 Å². The molecule has 0 saturated heterocycles. The maximum Gasteiger partial charge on any atom is 1.00 e. The number of nitrogen functional groups attached to an aromatic ring is 1. The molecule has 0 atom stereocenters. The Kier molecular flexibility index (Phi) is 7.52. The van der Waals surface area contributed by atoms with Crippen molar-refractivity contribution in [2.45, 2.75) is 0 Å². The minimum atomic E-state index is 0. The van der Waals surface area contributed by atoms with Crippen LogP contribution in [-0.2, 0) is 0 Å². The van der Waals surface area contributed by atoms with E-state index in [1.54, 1.807) is 12.4 Å². The van der Waals surface area contributed by atoms with Crippen LogP contribution >= 0.6 is 0 Å². The van der Waals surface area contributed by atoms with Crippen LogP contribution in [0.25, 0.3) is 0 Å². The quantitative estimate of drug-likeness (QED) is 0.254. The average molecular weight is 98.0 g/mol. The van der Waals surface area contributed by atoms with E-state index in [-0.39, 0.29) is 40.6 Å². The van der Waals surface area contributed by atoms with Crippen molar-refractivity contribution >= 4 is 0 Å². The number of rotatable bonds is 0. The molecule has 0 unspecified atom stereocenters. The molecule has 0 aliphatic heterocycles. The fraction of sp³-hybridized carbons (Fsp3) is 0. The molecule has 1 heterocycles. The molecule has 0 aliphatic rings. The predicted octanol–water partition coefficient (Wildman–Crippen LogP) is -5.57. The van der Waals surface area contributed by atoms with Crippen molar-refractivity contribution in [3.05, 3.63) is 24.5 Å². The Balaban J connectivity index is -0.0000000450. The van der Waals surface area contributed by atoms with E-state index in [0.29, 0.717) is 0 Å². The molecule has 1 rings (SSSR count).